The second-order valence-corrected chi connectivity index (χ2v) is 1.99. The summed E-state index contributed by atoms with van der Waals surface area (Å²) in [4.78, 5) is 3.79. The third kappa shape index (κ3) is 1.10. The van der Waals surface area contributed by atoms with E-state index in [4.69, 9.17) is 11.6 Å². The molecule has 0 unspecified atom stereocenters. The lowest BCUT2D eigenvalue weighted by atomic mass is 10.5. The molecule has 9 heavy (non-hydrogen) atoms. The highest BCUT2D eigenvalue weighted by molar-refractivity contribution is 6.29. The summed E-state index contributed by atoms with van der Waals surface area (Å²) in [6.07, 6.45) is 2.67. The molecule has 0 fully saturated rings. The maximum atomic E-state index is 10.6. The van der Waals surface area contributed by atoms with E-state index in [9.17, 15) is 5.21 Å². The van der Waals surface area contributed by atoms with Gasteiger partial charge in [0.15, 0.2) is 6.20 Å². The molecule has 1 rings (SSSR count). The monoisotopic (exact) mass is 144 g/mol. The second kappa shape index (κ2) is 2.19. The molecule has 4 heteroatoms. The van der Waals surface area contributed by atoms with Gasteiger partial charge in [-0.15, -0.1) is 0 Å². The molecule has 0 saturated carbocycles. The van der Waals surface area contributed by atoms with E-state index in [1.54, 1.807) is 6.92 Å². The largest absolute Gasteiger partial charge is 0.618 e. The van der Waals surface area contributed by atoms with Gasteiger partial charge in [0.2, 0.25) is 0 Å². The zero-order valence-corrected chi connectivity index (χ0v) is 5.59. The fourth-order valence-electron chi connectivity index (χ4n) is 0.484. The summed E-state index contributed by atoms with van der Waals surface area (Å²) in [5, 5.41) is 10.7. The third-order valence-electron chi connectivity index (χ3n) is 0.962. The number of nitrogens with zero attached hydrogens (tertiary/aromatic N) is 2. The average Bonchev–Trinajstić information content (AvgIpc) is 1.83. The van der Waals surface area contributed by atoms with Crippen LogP contribution in [0.2, 0.25) is 5.15 Å². The molecule has 0 aromatic carbocycles. The predicted octanol–water partition coefficient (Wildman–Crippen LogP) is 0.677. The van der Waals surface area contributed by atoms with E-state index >= 15 is 0 Å². The van der Waals surface area contributed by atoms with E-state index in [0.717, 1.165) is 0 Å². The van der Waals surface area contributed by atoms with Crippen LogP contribution in [-0.4, -0.2) is 4.98 Å². The number of halogens is 1. The maximum Gasteiger partial charge on any atom is 0.307 e. The van der Waals surface area contributed by atoms with Crippen molar-refractivity contribution in [1.82, 2.24) is 4.98 Å². The lowest BCUT2D eigenvalue weighted by Gasteiger charge is -1.96. The molecule has 3 nitrogen and oxygen atoms in total. The minimum Gasteiger partial charge on any atom is -0.618 e. The van der Waals surface area contributed by atoms with Gasteiger partial charge >= 0.3 is 5.15 Å². The summed E-state index contributed by atoms with van der Waals surface area (Å²) in [5.74, 6) is 0. The Hall–Kier alpha value is -0.830. The molecule has 48 valence electrons. The van der Waals surface area contributed by atoms with E-state index in [1.807, 2.05) is 0 Å². The molecular formula is C5H5ClN2O. The van der Waals surface area contributed by atoms with Crippen LogP contribution in [-0.2, 0) is 0 Å². The summed E-state index contributed by atoms with van der Waals surface area (Å²) in [7, 11) is 0. The Bertz CT molecular complexity index is 206. The second-order valence-electron chi connectivity index (χ2n) is 1.63. The van der Waals surface area contributed by atoms with Gasteiger partial charge in [-0.25, -0.2) is 4.98 Å². The van der Waals surface area contributed by atoms with E-state index in [1.165, 1.54) is 12.4 Å². The normalized spacial score (nSPS) is 9.56. The van der Waals surface area contributed by atoms with Gasteiger partial charge < -0.3 is 5.21 Å². The lowest BCUT2D eigenvalue weighted by Crippen LogP contribution is -2.27. The van der Waals surface area contributed by atoms with Gasteiger partial charge in [0.25, 0.3) is 0 Å². The van der Waals surface area contributed by atoms with Gasteiger partial charge in [0.1, 0.15) is 5.69 Å². The summed E-state index contributed by atoms with van der Waals surface area (Å²) < 4.78 is 0.573. The average molecular weight is 145 g/mol. The first-order chi connectivity index (χ1) is 4.22. The van der Waals surface area contributed by atoms with Gasteiger partial charge in [-0.1, -0.05) is 0 Å². The molecule has 0 bridgehead atoms. The van der Waals surface area contributed by atoms with E-state index in [2.05, 4.69) is 4.98 Å². The minimum atomic E-state index is 0.137. The molecule has 0 saturated heterocycles. The van der Waals surface area contributed by atoms with Crippen LogP contribution < -0.4 is 4.73 Å². The van der Waals surface area contributed by atoms with Gasteiger partial charge in [0.05, 0.1) is 6.20 Å². The first-order valence-electron chi connectivity index (χ1n) is 2.42. The summed E-state index contributed by atoms with van der Waals surface area (Å²) in [5.41, 5.74) is 0.550. The summed E-state index contributed by atoms with van der Waals surface area (Å²) in [6.45, 7) is 1.68. The van der Waals surface area contributed by atoms with Gasteiger partial charge in [-0.05, 0) is 18.5 Å². The van der Waals surface area contributed by atoms with E-state index < -0.39 is 0 Å². The van der Waals surface area contributed by atoms with Crippen molar-refractivity contribution in [2.24, 2.45) is 0 Å². The zero-order chi connectivity index (χ0) is 6.85. The Kier molecular flexibility index (Phi) is 1.53. The van der Waals surface area contributed by atoms with Crippen LogP contribution in [0.15, 0.2) is 12.4 Å². The zero-order valence-electron chi connectivity index (χ0n) is 4.84. The molecule has 1 heterocycles. The number of hydrogen-bond donors (Lipinski definition) is 0. The number of hydrogen-bond acceptors (Lipinski definition) is 2. The quantitative estimate of drug-likeness (QED) is 0.397. The molecule has 0 radical (unpaired) electrons. The Balaban J connectivity index is 3.25. The molecule has 0 N–H and O–H groups in total. The molecule has 0 spiro atoms. The summed E-state index contributed by atoms with van der Waals surface area (Å²) >= 11 is 5.47. The van der Waals surface area contributed by atoms with Crippen LogP contribution >= 0.6 is 11.6 Å². The molecule has 0 aliphatic heterocycles. The molecule has 1 aromatic heterocycles. The van der Waals surface area contributed by atoms with Crippen LogP contribution in [0, 0.1) is 12.1 Å². The fraction of sp³-hybridized carbons (Fsp3) is 0.200. The third-order valence-corrected chi connectivity index (χ3v) is 1.40. The van der Waals surface area contributed by atoms with Crippen molar-refractivity contribution < 1.29 is 4.73 Å². The first kappa shape index (κ1) is 6.29. The van der Waals surface area contributed by atoms with Crippen molar-refractivity contribution in [2.45, 2.75) is 6.92 Å². The van der Waals surface area contributed by atoms with Crippen LogP contribution in [0.25, 0.3) is 0 Å². The maximum absolute atomic E-state index is 10.6. The predicted molar refractivity (Wildman–Crippen MR) is 32.9 cm³/mol. The molecular weight excluding hydrogens is 140 g/mol. The van der Waals surface area contributed by atoms with Gasteiger partial charge in [-0.3, -0.25) is 0 Å². The summed E-state index contributed by atoms with van der Waals surface area (Å²) in [6, 6.07) is 0. The topological polar surface area (TPSA) is 39.8 Å². The highest BCUT2D eigenvalue weighted by atomic mass is 35.5. The highest BCUT2D eigenvalue weighted by Gasteiger charge is 2.03. The Morgan fingerprint density at radius 2 is 2.44 bits per heavy atom. The van der Waals surface area contributed by atoms with Crippen molar-refractivity contribution in [3.05, 3.63) is 28.4 Å². The standard InChI is InChI=1S/C5H5ClN2O/c1-4-5(6)8(9)3-2-7-4/h2-3H,1H3. The molecule has 0 aliphatic rings. The molecule has 0 amide bonds. The van der Waals surface area contributed by atoms with Gasteiger partial charge in [0, 0.05) is 0 Å². The number of aromatic nitrogens is 2. The minimum absolute atomic E-state index is 0.137. The smallest absolute Gasteiger partial charge is 0.307 e. The highest BCUT2D eigenvalue weighted by Crippen LogP contribution is 2.02. The number of rotatable bonds is 0. The van der Waals surface area contributed by atoms with Crippen molar-refractivity contribution in [3.63, 3.8) is 0 Å². The van der Waals surface area contributed by atoms with Crippen molar-refractivity contribution in [1.29, 1.82) is 0 Å². The molecule has 1 aromatic rings. The number of aryl methyl sites for hydroxylation is 1. The van der Waals surface area contributed by atoms with Crippen LogP contribution in [0.3, 0.4) is 0 Å². The fourth-order valence-corrected chi connectivity index (χ4v) is 0.589. The van der Waals surface area contributed by atoms with E-state index in [-0.39, 0.29) is 5.15 Å². The van der Waals surface area contributed by atoms with Crippen LogP contribution in [0.5, 0.6) is 0 Å². The SMILES string of the molecule is Cc1ncc[n+]([O-])c1Cl. The van der Waals surface area contributed by atoms with Crippen molar-refractivity contribution in [2.75, 3.05) is 0 Å². The van der Waals surface area contributed by atoms with E-state index in [0.29, 0.717) is 10.4 Å². The van der Waals surface area contributed by atoms with Crippen LogP contribution in [0.4, 0.5) is 0 Å². The van der Waals surface area contributed by atoms with Crippen LogP contribution in [0.1, 0.15) is 5.69 Å². The first-order valence-corrected chi connectivity index (χ1v) is 2.80. The van der Waals surface area contributed by atoms with Gasteiger partial charge in [-0.2, -0.15) is 4.73 Å². The molecule has 0 aliphatic carbocycles. The van der Waals surface area contributed by atoms with Crippen molar-refractivity contribution >= 4 is 11.6 Å². The Morgan fingerprint density at radius 3 is 2.89 bits per heavy atom. The van der Waals surface area contributed by atoms with Crippen molar-refractivity contribution in [3.8, 4) is 0 Å². The Morgan fingerprint density at radius 1 is 1.78 bits per heavy atom. The molecule has 0 atom stereocenters. The lowest BCUT2D eigenvalue weighted by molar-refractivity contribution is -0.604. The Labute approximate surface area is 57.5 Å².